The molecule has 3 fully saturated rings. The second-order valence-electron chi connectivity index (χ2n) is 8.09. The van der Waals surface area contributed by atoms with Crippen molar-refractivity contribution >= 4 is 11.8 Å². The number of allylic oxidation sites excluding steroid dienone is 3. The molecule has 4 aliphatic rings. The number of ether oxygens (including phenoxy) is 1. The van der Waals surface area contributed by atoms with Crippen LogP contribution in [-0.4, -0.2) is 22.5 Å². The summed E-state index contributed by atoms with van der Waals surface area (Å²) in [6.45, 7) is 4.26. The zero-order valence-corrected chi connectivity index (χ0v) is 13.8. The summed E-state index contributed by atoms with van der Waals surface area (Å²) in [6, 6.07) is 0. The maximum atomic E-state index is 11.8. The Bertz CT molecular complexity index is 646. The smallest absolute Gasteiger partial charge is 0.306 e. The molecule has 3 aliphatic carbocycles. The first-order valence-corrected chi connectivity index (χ1v) is 8.73. The molecule has 0 radical (unpaired) electrons. The van der Waals surface area contributed by atoms with Gasteiger partial charge in [0.25, 0.3) is 0 Å². The van der Waals surface area contributed by atoms with Gasteiger partial charge in [-0.2, -0.15) is 0 Å². The molecule has 1 N–H and O–H groups in total. The molecule has 0 aromatic heterocycles. The van der Waals surface area contributed by atoms with Gasteiger partial charge in [-0.3, -0.25) is 9.59 Å². The van der Waals surface area contributed by atoms with Crippen molar-refractivity contribution < 1.29 is 19.4 Å². The van der Waals surface area contributed by atoms with Crippen molar-refractivity contribution in [3.63, 3.8) is 0 Å². The highest BCUT2D eigenvalue weighted by atomic mass is 16.6. The molecule has 2 saturated carbocycles. The molecule has 1 aliphatic heterocycles. The first-order chi connectivity index (χ1) is 10.8. The minimum absolute atomic E-state index is 0.0307. The van der Waals surface area contributed by atoms with Gasteiger partial charge < -0.3 is 9.84 Å². The van der Waals surface area contributed by atoms with Crippen LogP contribution in [0.15, 0.2) is 23.5 Å². The summed E-state index contributed by atoms with van der Waals surface area (Å²) >= 11 is 0. The average Bonchev–Trinajstić information content (AvgIpc) is 2.50. The van der Waals surface area contributed by atoms with Gasteiger partial charge >= 0.3 is 5.97 Å². The summed E-state index contributed by atoms with van der Waals surface area (Å²) in [5.74, 6) is 0.935. The Morgan fingerprint density at radius 3 is 2.70 bits per heavy atom. The molecule has 0 aromatic rings. The minimum Gasteiger partial charge on any atom is -0.504 e. The Labute approximate surface area is 136 Å². The van der Waals surface area contributed by atoms with Crippen LogP contribution >= 0.6 is 0 Å². The molecule has 0 aromatic carbocycles. The third-order valence-electron chi connectivity index (χ3n) is 7.02. The third kappa shape index (κ3) is 1.96. The predicted octanol–water partition coefficient (Wildman–Crippen LogP) is 3.48. The van der Waals surface area contributed by atoms with E-state index in [-0.39, 0.29) is 28.5 Å². The Balaban J connectivity index is 1.71. The highest BCUT2D eigenvalue weighted by Gasteiger charge is 2.57. The second-order valence-corrected chi connectivity index (χ2v) is 8.09. The number of aliphatic hydroxyl groups is 1. The quantitative estimate of drug-likeness (QED) is 0.695. The minimum atomic E-state index is -0.329. The predicted molar refractivity (Wildman–Crippen MR) is 84.6 cm³/mol. The molecule has 5 unspecified atom stereocenters. The lowest BCUT2D eigenvalue weighted by atomic mass is 9.49. The van der Waals surface area contributed by atoms with Crippen molar-refractivity contribution in [2.75, 3.05) is 0 Å². The summed E-state index contributed by atoms with van der Waals surface area (Å²) in [5.41, 5.74) is 0.358. The molecule has 1 heterocycles. The molecule has 23 heavy (non-hydrogen) atoms. The summed E-state index contributed by atoms with van der Waals surface area (Å²) < 4.78 is 5.76. The van der Waals surface area contributed by atoms with Crippen LogP contribution in [0.1, 0.15) is 52.4 Å². The summed E-state index contributed by atoms with van der Waals surface area (Å²) in [5, 5.41) is 10.3. The fraction of sp³-hybridized carbons (Fsp3) is 0.684. The highest BCUT2D eigenvalue weighted by Crippen LogP contribution is 2.61. The normalized spacial score (nSPS) is 45.9. The molecule has 4 heteroatoms. The SMILES string of the molecule is CC12CCC3C(CCC4=C(O)C(=O)C=CC43C)C1CCC(=O)O2. The van der Waals surface area contributed by atoms with E-state index >= 15 is 0 Å². The average molecular weight is 316 g/mol. The van der Waals surface area contributed by atoms with Gasteiger partial charge in [-0.1, -0.05) is 13.0 Å². The van der Waals surface area contributed by atoms with Gasteiger partial charge in [0.15, 0.2) is 5.76 Å². The maximum absolute atomic E-state index is 11.8. The number of rotatable bonds is 0. The number of carbonyl (C=O) groups excluding carboxylic acids is 2. The molecule has 124 valence electrons. The van der Waals surface area contributed by atoms with E-state index < -0.39 is 0 Å². The van der Waals surface area contributed by atoms with Crippen molar-refractivity contribution in [1.82, 2.24) is 0 Å². The van der Waals surface area contributed by atoms with Crippen LogP contribution in [0.2, 0.25) is 0 Å². The van der Waals surface area contributed by atoms with E-state index in [1.807, 2.05) is 6.08 Å². The van der Waals surface area contributed by atoms with E-state index in [2.05, 4.69) is 13.8 Å². The van der Waals surface area contributed by atoms with Gasteiger partial charge in [0, 0.05) is 17.8 Å². The van der Waals surface area contributed by atoms with E-state index in [0.29, 0.717) is 24.2 Å². The van der Waals surface area contributed by atoms with Crippen molar-refractivity contribution in [3.05, 3.63) is 23.5 Å². The van der Waals surface area contributed by atoms with Crippen LogP contribution in [0.3, 0.4) is 0 Å². The number of carbonyl (C=O) groups is 2. The van der Waals surface area contributed by atoms with Crippen LogP contribution in [0.4, 0.5) is 0 Å². The number of hydrogen-bond acceptors (Lipinski definition) is 4. The lowest BCUT2D eigenvalue weighted by Gasteiger charge is -2.58. The third-order valence-corrected chi connectivity index (χ3v) is 7.02. The molecule has 5 atom stereocenters. The number of fused-ring (bicyclic) bond motifs is 5. The Morgan fingerprint density at radius 2 is 1.91 bits per heavy atom. The number of esters is 1. The van der Waals surface area contributed by atoms with Crippen molar-refractivity contribution in [3.8, 4) is 0 Å². The second kappa shape index (κ2) is 4.71. The Hall–Kier alpha value is -1.58. The van der Waals surface area contributed by atoms with Gasteiger partial charge in [0.1, 0.15) is 5.60 Å². The van der Waals surface area contributed by atoms with E-state index in [1.54, 1.807) is 0 Å². The molecule has 4 nitrogen and oxygen atoms in total. The van der Waals surface area contributed by atoms with Crippen LogP contribution in [0.25, 0.3) is 0 Å². The van der Waals surface area contributed by atoms with E-state index in [9.17, 15) is 14.7 Å². The van der Waals surface area contributed by atoms with Crippen LogP contribution < -0.4 is 0 Å². The lowest BCUT2D eigenvalue weighted by molar-refractivity contribution is -0.192. The van der Waals surface area contributed by atoms with Gasteiger partial charge in [0.2, 0.25) is 5.78 Å². The zero-order valence-electron chi connectivity index (χ0n) is 13.8. The molecule has 1 saturated heterocycles. The number of hydrogen-bond donors (Lipinski definition) is 1. The summed E-state index contributed by atoms with van der Waals surface area (Å²) in [7, 11) is 0. The largest absolute Gasteiger partial charge is 0.504 e. The van der Waals surface area contributed by atoms with Crippen LogP contribution in [-0.2, 0) is 14.3 Å². The fourth-order valence-corrected chi connectivity index (χ4v) is 5.83. The van der Waals surface area contributed by atoms with E-state index in [4.69, 9.17) is 4.74 Å². The number of ketones is 1. The molecule has 0 amide bonds. The van der Waals surface area contributed by atoms with Gasteiger partial charge in [0.05, 0.1) is 0 Å². The van der Waals surface area contributed by atoms with Crippen molar-refractivity contribution in [1.29, 1.82) is 0 Å². The Morgan fingerprint density at radius 1 is 1.13 bits per heavy atom. The highest BCUT2D eigenvalue weighted by molar-refractivity contribution is 6.04. The number of aliphatic hydroxyl groups excluding tert-OH is 1. The summed E-state index contributed by atoms with van der Waals surface area (Å²) in [4.78, 5) is 23.6. The molecular formula is C19H24O4. The van der Waals surface area contributed by atoms with Crippen molar-refractivity contribution in [2.24, 2.45) is 23.2 Å². The standard InChI is InChI=1S/C19H24O4/c1-18-9-8-15(20)17(22)14(18)4-3-11-12(18)7-10-19(2)13(11)5-6-16(21)23-19/h8-9,11-13,22H,3-7,10H2,1-2H3. The van der Waals surface area contributed by atoms with Gasteiger partial charge in [-0.25, -0.2) is 0 Å². The lowest BCUT2D eigenvalue weighted by Crippen LogP contribution is -2.56. The van der Waals surface area contributed by atoms with Gasteiger partial charge in [-0.15, -0.1) is 0 Å². The Kier molecular flexibility index (Phi) is 3.07. The first-order valence-electron chi connectivity index (χ1n) is 8.73. The van der Waals surface area contributed by atoms with E-state index in [0.717, 1.165) is 37.7 Å². The molecule has 0 bridgehead atoms. The van der Waals surface area contributed by atoms with Crippen molar-refractivity contribution in [2.45, 2.75) is 58.0 Å². The summed E-state index contributed by atoms with van der Waals surface area (Å²) in [6.07, 6.45) is 8.54. The van der Waals surface area contributed by atoms with E-state index in [1.165, 1.54) is 6.08 Å². The van der Waals surface area contributed by atoms with Crippen LogP contribution in [0, 0.1) is 23.2 Å². The zero-order chi connectivity index (χ0) is 16.4. The molecular weight excluding hydrogens is 292 g/mol. The fourth-order valence-electron chi connectivity index (χ4n) is 5.83. The molecule has 4 rings (SSSR count). The molecule has 0 spiro atoms. The monoisotopic (exact) mass is 316 g/mol. The topological polar surface area (TPSA) is 63.6 Å². The van der Waals surface area contributed by atoms with Gasteiger partial charge in [-0.05, 0) is 62.5 Å². The first kappa shape index (κ1) is 15.0. The van der Waals surface area contributed by atoms with Crippen LogP contribution in [0.5, 0.6) is 0 Å². The maximum Gasteiger partial charge on any atom is 0.306 e.